The van der Waals surface area contributed by atoms with Crippen LogP contribution in [0.1, 0.15) is 45.4 Å². The Morgan fingerprint density at radius 2 is 1.69 bits per heavy atom. The minimum atomic E-state index is -1.28. The predicted molar refractivity (Wildman–Crippen MR) is 165 cm³/mol. The summed E-state index contributed by atoms with van der Waals surface area (Å²) < 4.78 is 27.1. The van der Waals surface area contributed by atoms with Gasteiger partial charge >= 0.3 is 18.2 Å². The number of rotatable bonds is 10. The van der Waals surface area contributed by atoms with Gasteiger partial charge in [0.25, 0.3) is 0 Å². The van der Waals surface area contributed by atoms with Gasteiger partial charge < -0.3 is 29.4 Å². The normalized spacial score (nSPS) is 33.9. The van der Waals surface area contributed by atoms with Crippen molar-refractivity contribution in [3.63, 3.8) is 0 Å². The van der Waals surface area contributed by atoms with Crippen molar-refractivity contribution < 1.29 is 57.2 Å². The van der Waals surface area contributed by atoms with Crippen LogP contribution in [0.25, 0.3) is 0 Å². The molecule has 0 spiro atoms. The molecule has 0 radical (unpaired) electrons. The van der Waals surface area contributed by atoms with Crippen LogP contribution in [0.15, 0.2) is 22.5 Å². The van der Waals surface area contributed by atoms with E-state index in [-0.39, 0.29) is 64.3 Å². The lowest BCUT2D eigenvalue weighted by Gasteiger charge is -2.38. The summed E-state index contributed by atoms with van der Waals surface area (Å²) in [4.78, 5) is 92.2. The number of nitrogens with zero attached hydrogens (tertiary/aromatic N) is 2. The molecule has 48 heavy (non-hydrogen) atoms. The number of thioether (sulfide) groups is 1. The molecule has 0 aromatic rings. The number of amides is 4. The van der Waals surface area contributed by atoms with E-state index in [0.717, 1.165) is 0 Å². The van der Waals surface area contributed by atoms with Gasteiger partial charge in [0, 0.05) is 42.7 Å². The number of allylic oxidation sites excluding steroid dienone is 2. The molecule has 4 aliphatic carbocycles. The number of carbonyl (C=O) groups excluding carboxylic acids is 7. The SMILES string of the molecule is COC1=C(C)C(=O)C2=C(C1=O)[C@@H](COC(N)=O)[C@]1(OC)C2C[C@H]2[C@@H]1N2C(=O)OCOC(=O)C1CCC(CN2C(=O)CC(SC)C2=O)CC1. The molecule has 2 aliphatic heterocycles. The zero-order valence-electron chi connectivity index (χ0n) is 27.2. The van der Waals surface area contributed by atoms with Crippen LogP contribution in [0.2, 0.25) is 0 Å². The van der Waals surface area contributed by atoms with Gasteiger partial charge in [-0.05, 0) is 51.2 Å². The summed E-state index contributed by atoms with van der Waals surface area (Å²) in [7, 11) is 2.71. The van der Waals surface area contributed by atoms with E-state index in [1.807, 2.05) is 6.26 Å². The smallest absolute Gasteiger partial charge is 0.413 e. The minimum absolute atomic E-state index is 0.103. The monoisotopic (exact) mass is 689 g/mol. The first-order valence-electron chi connectivity index (χ1n) is 15.9. The number of ether oxygens (including phenoxy) is 5. The predicted octanol–water partition coefficient (Wildman–Crippen LogP) is 1.47. The van der Waals surface area contributed by atoms with Crippen LogP contribution >= 0.6 is 11.8 Å². The third-order valence-electron chi connectivity index (χ3n) is 11.0. The van der Waals surface area contributed by atoms with E-state index in [1.54, 1.807) is 0 Å². The molecule has 2 saturated heterocycles. The van der Waals surface area contributed by atoms with Crippen LogP contribution in [0.5, 0.6) is 0 Å². The molecule has 0 bridgehead atoms. The van der Waals surface area contributed by atoms with Crippen LogP contribution in [0.3, 0.4) is 0 Å². The number of piperidine rings is 1. The molecule has 0 aromatic carbocycles. The zero-order valence-corrected chi connectivity index (χ0v) is 28.0. The number of hydrogen-bond acceptors (Lipinski definition) is 13. The minimum Gasteiger partial charge on any atom is -0.492 e. The summed E-state index contributed by atoms with van der Waals surface area (Å²) in [5, 5.41) is -0.323. The van der Waals surface area contributed by atoms with E-state index < -0.39 is 66.2 Å². The maximum atomic E-state index is 13.6. The van der Waals surface area contributed by atoms with Gasteiger partial charge in [-0.3, -0.25) is 33.8 Å². The average molecular weight is 690 g/mol. The molecule has 4 amide bonds. The highest BCUT2D eigenvalue weighted by Gasteiger charge is 2.78. The Morgan fingerprint density at radius 1 is 0.979 bits per heavy atom. The third-order valence-corrected chi connectivity index (χ3v) is 11.9. The Kier molecular flexibility index (Phi) is 9.08. The molecule has 2 saturated carbocycles. The lowest BCUT2D eigenvalue weighted by atomic mass is 9.80. The third kappa shape index (κ3) is 5.27. The summed E-state index contributed by atoms with van der Waals surface area (Å²) >= 11 is 1.38. The van der Waals surface area contributed by atoms with Crippen LogP contribution < -0.4 is 5.73 Å². The van der Waals surface area contributed by atoms with Gasteiger partial charge in [0.1, 0.15) is 12.2 Å². The number of ketones is 2. The first-order chi connectivity index (χ1) is 22.9. The number of Topliss-reactive ketones (excluding diaryl/α,β-unsaturated/α-hetero) is 2. The molecule has 2 heterocycles. The Labute approximate surface area is 280 Å². The lowest BCUT2D eigenvalue weighted by molar-refractivity contribution is -0.159. The van der Waals surface area contributed by atoms with E-state index in [0.29, 0.717) is 38.6 Å². The Balaban J connectivity index is 1.04. The molecule has 4 fully saturated rings. The number of carbonyl (C=O) groups is 7. The zero-order chi connectivity index (χ0) is 34.7. The quantitative estimate of drug-likeness (QED) is 0.114. The van der Waals surface area contributed by atoms with Gasteiger partial charge in [0.2, 0.25) is 24.4 Å². The number of imide groups is 1. The fraction of sp³-hybridized carbons (Fsp3) is 0.656. The number of esters is 1. The fourth-order valence-electron chi connectivity index (χ4n) is 8.70. The lowest BCUT2D eigenvalue weighted by Crippen LogP contribution is -2.51. The fourth-order valence-corrected chi connectivity index (χ4v) is 9.34. The Hall–Kier alpha value is -3.92. The number of likely N-dealkylation sites (tertiary alicyclic amines) is 2. The Bertz CT molecular complexity index is 1530. The second-order valence-corrected chi connectivity index (χ2v) is 14.1. The first kappa shape index (κ1) is 34.0. The van der Waals surface area contributed by atoms with Crippen molar-refractivity contribution in [1.29, 1.82) is 0 Å². The van der Waals surface area contributed by atoms with Gasteiger partial charge in [-0.1, -0.05) is 0 Å². The molecule has 2 N–H and O–H groups in total. The summed E-state index contributed by atoms with van der Waals surface area (Å²) in [6, 6.07) is -1.01. The van der Waals surface area contributed by atoms with E-state index in [4.69, 9.17) is 29.4 Å². The molecular weight excluding hydrogens is 650 g/mol. The molecule has 15 nitrogen and oxygen atoms in total. The van der Waals surface area contributed by atoms with E-state index in [9.17, 15) is 33.6 Å². The maximum Gasteiger partial charge on any atom is 0.413 e. The van der Waals surface area contributed by atoms with Gasteiger partial charge in [0.05, 0.1) is 36.3 Å². The van der Waals surface area contributed by atoms with Crippen molar-refractivity contribution in [2.75, 3.05) is 40.4 Å². The van der Waals surface area contributed by atoms with Crippen LogP contribution in [0, 0.1) is 23.7 Å². The van der Waals surface area contributed by atoms with Crippen LogP contribution in [-0.4, -0.2) is 115 Å². The van der Waals surface area contributed by atoms with E-state index in [2.05, 4.69) is 0 Å². The number of fused-ring (bicyclic) bond motifs is 4. The van der Waals surface area contributed by atoms with Crippen molar-refractivity contribution >= 4 is 53.3 Å². The van der Waals surface area contributed by atoms with Crippen molar-refractivity contribution in [1.82, 2.24) is 9.80 Å². The van der Waals surface area contributed by atoms with Crippen molar-refractivity contribution in [3.8, 4) is 0 Å². The molecule has 2 unspecified atom stereocenters. The van der Waals surface area contributed by atoms with Crippen LogP contribution in [-0.2, 0) is 47.7 Å². The molecule has 6 rings (SSSR count). The van der Waals surface area contributed by atoms with Gasteiger partial charge in [-0.25, -0.2) is 9.59 Å². The molecule has 6 aliphatic rings. The van der Waals surface area contributed by atoms with Crippen LogP contribution in [0.4, 0.5) is 9.59 Å². The van der Waals surface area contributed by atoms with E-state index >= 15 is 0 Å². The maximum absolute atomic E-state index is 13.6. The number of methoxy groups -OCH3 is 2. The topological polar surface area (TPSA) is 198 Å². The second kappa shape index (κ2) is 12.8. The highest BCUT2D eigenvalue weighted by molar-refractivity contribution is 8.00. The molecule has 0 aromatic heterocycles. The molecular formula is C32H39N3O12S. The number of nitrogens with two attached hydrogens (primary N) is 1. The summed E-state index contributed by atoms with van der Waals surface area (Å²) in [6.45, 7) is 0.902. The van der Waals surface area contributed by atoms with Gasteiger partial charge in [-0.15, -0.1) is 0 Å². The van der Waals surface area contributed by atoms with Crippen molar-refractivity contribution in [2.45, 2.75) is 68.4 Å². The second-order valence-electron chi connectivity index (χ2n) is 13.1. The largest absolute Gasteiger partial charge is 0.492 e. The highest BCUT2D eigenvalue weighted by atomic mass is 32.2. The summed E-state index contributed by atoms with van der Waals surface area (Å²) in [6.07, 6.45) is 2.86. The molecule has 16 heteroatoms. The van der Waals surface area contributed by atoms with Crippen molar-refractivity contribution in [3.05, 3.63) is 22.5 Å². The standard InChI is InChI=1S/C32H39N3O12S/c1-14-24(37)22-17-9-19-27(32(17,44-3)18(12-45-30(33)41)23(22)25(38)26(14)43-2)35(19)31(42)47-13-46-29(40)16-7-5-15(6-8-16)11-34-21(36)10-20(48-4)28(34)39/h15-20,27H,5-13H2,1-4H3,(H2,33,41)/t15?,16?,17?,18-,19+,20?,27+,32-,35?/m1/s1. The van der Waals surface area contributed by atoms with Gasteiger partial charge in [0.15, 0.2) is 11.5 Å². The van der Waals surface area contributed by atoms with E-state index in [1.165, 1.54) is 42.7 Å². The summed E-state index contributed by atoms with van der Waals surface area (Å²) in [5.41, 5.74) is 4.53. The summed E-state index contributed by atoms with van der Waals surface area (Å²) in [5.74, 6) is -3.55. The molecule has 6 atom stereocenters. The average Bonchev–Trinajstić information content (AvgIpc) is 3.45. The highest BCUT2D eigenvalue weighted by Crippen LogP contribution is 2.65. The first-order valence-corrected chi connectivity index (χ1v) is 17.2. The Morgan fingerprint density at radius 3 is 2.29 bits per heavy atom. The number of primary amides is 1. The molecule has 260 valence electrons. The number of hydrogen-bond donors (Lipinski definition) is 1. The van der Waals surface area contributed by atoms with Gasteiger partial charge in [-0.2, -0.15) is 11.8 Å². The van der Waals surface area contributed by atoms with Crippen molar-refractivity contribution in [2.24, 2.45) is 29.4 Å².